The number of phenolic OH excluding ortho intramolecular Hbond substituents is 1. The summed E-state index contributed by atoms with van der Waals surface area (Å²) in [6.07, 6.45) is 5.82. The van der Waals surface area contributed by atoms with E-state index < -0.39 is 0 Å². The molecule has 1 aromatic rings. The molecule has 0 atom stereocenters. The van der Waals surface area contributed by atoms with Gasteiger partial charge in [-0.05, 0) is 42.9 Å². The third-order valence-corrected chi connectivity index (χ3v) is 3.10. The highest BCUT2D eigenvalue weighted by atomic mass is 16.6. The third-order valence-electron chi connectivity index (χ3n) is 3.10. The molecular formula is C12H17NO2. The van der Waals surface area contributed by atoms with Crippen LogP contribution < -0.4 is 5.90 Å². The number of aryl methyl sites for hydroxylation is 1. The predicted octanol–water partition coefficient (Wildman–Crippen LogP) is 2.05. The molecule has 0 aliphatic heterocycles. The fourth-order valence-electron chi connectivity index (χ4n) is 2.31. The first-order valence-electron chi connectivity index (χ1n) is 5.47. The van der Waals surface area contributed by atoms with E-state index in [9.17, 15) is 5.11 Å². The molecule has 0 fully saturated rings. The van der Waals surface area contributed by atoms with Crippen LogP contribution in [0, 0.1) is 0 Å². The lowest BCUT2D eigenvalue weighted by molar-refractivity contribution is 0.121. The van der Waals surface area contributed by atoms with Gasteiger partial charge in [-0.15, -0.1) is 0 Å². The lowest BCUT2D eigenvalue weighted by Gasteiger charge is -2.13. The van der Waals surface area contributed by atoms with Crippen LogP contribution in [0.25, 0.3) is 0 Å². The summed E-state index contributed by atoms with van der Waals surface area (Å²) < 4.78 is 0. The fourth-order valence-corrected chi connectivity index (χ4v) is 2.31. The van der Waals surface area contributed by atoms with E-state index in [0.717, 1.165) is 18.4 Å². The number of phenols is 1. The van der Waals surface area contributed by atoms with Crippen molar-refractivity contribution in [1.82, 2.24) is 0 Å². The summed E-state index contributed by atoms with van der Waals surface area (Å²) in [5, 5.41) is 9.75. The lowest BCUT2D eigenvalue weighted by atomic mass is 9.97. The van der Waals surface area contributed by atoms with Crippen LogP contribution >= 0.6 is 0 Å². The predicted molar refractivity (Wildman–Crippen MR) is 58.3 cm³/mol. The Morgan fingerprint density at radius 1 is 1.20 bits per heavy atom. The summed E-state index contributed by atoms with van der Waals surface area (Å²) in [5.41, 5.74) is 3.47. The molecule has 0 radical (unpaired) electrons. The Hall–Kier alpha value is -1.06. The molecule has 1 aliphatic carbocycles. The lowest BCUT2D eigenvalue weighted by Crippen LogP contribution is -2.04. The SMILES string of the molecule is NOCc1c(O)ccc2c1CCCCC2. The number of fused-ring (bicyclic) bond motifs is 1. The Morgan fingerprint density at radius 3 is 2.80 bits per heavy atom. The average Bonchev–Trinajstić information content (AvgIpc) is 2.47. The Bertz CT molecular complexity index is 350. The molecule has 0 amide bonds. The van der Waals surface area contributed by atoms with E-state index in [0.29, 0.717) is 12.4 Å². The summed E-state index contributed by atoms with van der Waals surface area (Å²) in [6, 6.07) is 3.77. The zero-order valence-corrected chi connectivity index (χ0v) is 8.83. The van der Waals surface area contributed by atoms with Gasteiger partial charge in [0.1, 0.15) is 5.75 Å². The average molecular weight is 207 g/mol. The summed E-state index contributed by atoms with van der Waals surface area (Å²) >= 11 is 0. The third kappa shape index (κ3) is 2.13. The van der Waals surface area contributed by atoms with E-state index in [-0.39, 0.29) is 0 Å². The van der Waals surface area contributed by atoms with Crippen LogP contribution in [0.2, 0.25) is 0 Å². The first-order valence-corrected chi connectivity index (χ1v) is 5.47. The minimum Gasteiger partial charge on any atom is -0.508 e. The maximum absolute atomic E-state index is 9.75. The quantitative estimate of drug-likeness (QED) is 0.576. The van der Waals surface area contributed by atoms with Crippen molar-refractivity contribution < 1.29 is 9.94 Å². The van der Waals surface area contributed by atoms with Crippen LogP contribution in [0.3, 0.4) is 0 Å². The van der Waals surface area contributed by atoms with Crippen LogP contribution in [0.4, 0.5) is 0 Å². The van der Waals surface area contributed by atoms with Gasteiger partial charge >= 0.3 is 0 Å². The molecule has 0 heterocycles. The molecule has 1 aromatic carbocycles. The molecule has 0 bridgehead atoms. The monoisotopic (exact) mass is 207 g/mol. The highest BCUT2D eigenvalue weighted by molar-refractivity contribution is 5.44. The molecule has 2 rings (SSSR count). The van der Waals surface area contributed by atoms with Crippen molar-refractivity contribution in [1.29, 1.82) is 0 Å². The van der Waals surface area contributed by atoms with Crippen molar-refractivity contribution in [3.05, 3.63) is 28.8 Å². The molecule has 3 nitrogen and oxygen atoms in total. The van der Waals surface area contributed by atoms with Crippen LogP contribution in [-0.2, 0) is 24.3 Å². The van der Waals surface area contributed by atoms with Crippen LogP contribution in [-0.4, -0.2) is 5.11 Å². The van der Waals surface area contributed by atoms with E-state index in [4.69, 9.17) is 5.90 Å². The molecule has 1 aliphatic rings. The van der Waals surface area contributed by atoms with Gasteiger partial charge in [-0.25, -0.2) is 5.90 Å². The second-order valence-electron chi connectivity index (χ2n) is 4.07. The van der Waals surface area contributed by atoms with Crippen LogP contribution in [0.15, 0.2) is 12.1 Å². The normalized spacial score (nSPS) is 15.8. The Kier molecular flexibility index (Phi) is 3.23. The molecule has 0 saturated carbocycles. The summed E-state index contributed by atoms with van der Waals surface area (Å²) in [5.74, 6) is 5.40. The number of aromatic hydroxyl groups is 1. The van der Waals surface area contributed by atoms with Gasteiger partial charge in [0.15, 0.2) is 0 Å². The van der Waals surface area contributed by atoms with Gasteiger partial charge in [-0.2, -0.15) is 0 Å². The van der Waals surface area contributed by atoms with Gasteiger partial charge in [0.25, 0.3) is 0 Å². The molecule has 0 aromatic heterocycles. The number of benzene rings is 1. The Morgan fingerprint density at radius 2 is 2.00 bits per heavy atom. The number of hydrogen-bond acceptors (Lipinski definition) is 3. The van der Waals surface area contributed by atoms with Crippen molar-refractivity contribution in [2.24, 2.45) is 5.90 Å². The maximum atomic E-state index is 9.75. The Labute approximate surface area is 89.8 Å². The highest BCUT2D eigenvalue weighted by Crippen LogP contribution is 2.30. The zero-order chi connectivity index (χ0) is 10.7. The molecular weight excluding hydrogens is 190 g/mol. The van der Waals surface area contributed by atoms with Gasteiger partial charge in [0, 0.05) is 5.56 Å². The molecule has 15 heavy (non-hydrogen) atoms. The Balaban J connectivity index is 2.42. The molecule has 0 saturated heterocycles. The topological polar surface area (TPSA) is 55.5 Å². The maximum Gasteiger partial charge on any atom is 0.121 e. The smallest absolute Gasteiger partial charge is 0.121 e. The molecule has 82 valence electrons. The zero-order valence-electron chi connectivity index (χ0n) is 8.83. The minimum atomic E-state index is 0.301. The van der Waals surface area contributed by atoms with E-state index in [1.54, 1.807) is 6.07 Å². The highest BCUT2D eigenvalue weighted by Gasteiger charge is 2.15. The van der Waals surface area contributed by atoms with Crippen molar-refractivity contribution >= 4 is 0 Å². The van der Waals surface area contributed by atoms with Crippen molar-refractivity contribution in [3.63, 3.8) is 0 Å². The second kappa shape index (κ2) is 4.64. The summed E-state index contributed by atoms with van der Waals surface area (Å²) in [7, 11) is 0. The van der Waals surface area contributed by atoms with Crippen molar-refractivity contribution in [2.75, 3.05) is 0 Å². The number of rotatable bonds is 2. The van der Waals surface area contributed by atoms with Gasteiger partial charge in [0.05, 0.1) is 6.61 Å². The van der Waals surface area contributed by atoms with Crippen LogP contribution in [0.5, 0.6) is 5.75 Å². The van der Waals surface area contributed by atoms with Gasteiger partial charge in [0.2, 0.25) is 0 Å². The van der Waals surface area contributed by atoms with Gasteiger partial charge < -0.3 is 5.11 Å². The van der Waals surface area contributed by atoms with Gasteiger partial charge in [-0.1, -0.05) is 12.5 Å². The minimum absolute atomic E-state index is 0.301. The van der Waals surface area contributed by atoms with E-state index in [2.05, 4.69) is 4.84 Å². The fraction of sp³-hybridized carbons (Fsp3) is 0.500. The van der Waals surface area contributed by atoms with E-state index >= 15 is 0 Å². The standard InChI is InChI=1S/C12H17NO2/c13-15-8-11-10-5-3-1-2-4-9(10)6-7-12(11)14/h6-7,14H,1-5,8,13H2. The molecule has 3 N–H and O–H groups in total. The van der Waals surface area contributed by atoms with E-state index in [1.165, 1.54) is 30.4 Å². The van der Waals surface area contributed by atoms with Gasteiger partial charge in [-0.3, -0.25) is 4.84 Å². The number of hydrogen-bond donors (Lipinski definition) is 2. The molecule has 0 spiro atoms. The van der Waals surface area contributed by atoms with Crippen molar-refractivity contribution in [3.8, 4) is 5.75 Å². The second-order valence-corrected chi connectivity index (χ2v) is 4.07. The number of nitrogens with two attached hydrogens (primary N) is 1. The largest absolute Gasteiger partial charge is 0.508 e. The first-order chi connectivity index (χ1) is 7.33. The molecule has 0 unspecified atom stereocenters. The van der Waals surface area contributed by atoms with Crippen molar-refractivity contribution in [2.45, 2.75) is 38.7 Å². The molecule has 3 heteroatoms. The summed E-state index contributed by atoms with van der Waals surface area (Å²) in [4.78, 5) is 4.66. The summed E-state index contributed by atoms with van der Waals surface area (Å²) in [6.45, 7) is 0.301. The van der Waals surface area contributed by atoms with Crippen LogP contribution in [0.1, 0.15) is 36.0 Å². The van der Waals surface area contributed by atoms with E-state index in [1.807, 2.05) is 6.07 Å². The first kappa shape index (κ1) is 10.5.